The molecule has 2 rings (SSSR count). The van der Waals surface area contributed by atoms with Gasteiger partial charge in [0, 0.05) is 6.07 Å². The third-order valence-electron chi connectivity index (χ3n) is 3.11. The first-order valence-corrected chi connectivity index (χ1v) is 6.93. The zero-order valence-corrected chi connectivity index (χ0v) is 12.6. The lowest BCUT2D eigenvalue weighted by molar-refractivity contribution is -0.383. The van der Waals surface area contributed by atoms with E-state index in [2.05, 4.69) is 5.32 Å². The third-order valence-corrected chi connectivity index (χ3v) is 3.11. The zero-order chi connectivity index (χ0) is 17.7. The average Bonchev–Trinajstić information content (AvgIpc) is 2.55. The lowest BCUT2D eigenvalue weighted by Gasteiger charge is -2.13. The maximum Gasteiger partial charge on any atom is 0.338 e. The summed E-state index contributed by atoms with van der Waals surface area (Å²) in [7, 11) is 0. The summed E-state index contributed by atoms with van der Waals surface area (Å²) in [5, 5.41) is 22.4. The van der Waals surface area contributed by atoms with Crippen LogP contribution in [0.2, 0.25) is 0 Å². The molecule has 8 heteroatoms. The van der Waals surface area contributed by atoms with E-state index in [0.29, 0.717) is 0 Å². The minimum atomic E-state index is -1.16. The molecule has 8 nitrogen and oxygen atoms in total. The van der Waals surface area contributed by atoms with Gasteiger partial charge in [-0.2, -0.15) is 0 Å². The molecule has 1 atom stereocenters. The highest BCUT2D eigenvalue weighted by atomic mass is 16.6. The Morgan fingerprint density at radius 3 is 2.42 bits per heavy atom. The van der Waals surface area contributed by atoms with Crippen molar-refractivity contribution >= 4 is 23.3 Å². The molecule has 0 radical (unpaired) electrons. The minimum absolute atomic E-state index is 0.00581. The van der Waals surface area contributed by atoms with E-state index in [1.807, 2.05) is 0 Å². The van der Waals surface area contributed by atoms with Crippen LogP contribution >= 0.6 is 0 Å². The number of benzene rings is 2. The number of nitro benzene ring substituents is 1. The van der Waals surface area contributed by atoms with Gasteiger partial charge in [-0.25, -0.2) is 4.79 Å². The number of rotatable bonds is 5. The summed E-state index contributed by atoms with van der Waals surface area (Å²) < 4.78 is 5.01. The van der Waals surface area contributed by atoms with E-state index in [4.69, 9.17) is 4.74 Å². The molecule has 0 spiro atoms. The van der Waals surface area contributed by atoms with Crippen LogP contribution in [0.25, 0.3) is 0 Å². The predicted molar refractivity (Wildman–Crippen MR) is 84.7 cm³/mol. The Balaban J connectivity index is 2.04. The number of ether oxygens (including phenoxy) is 1. The number of anilines is 1. The number of para-hydroxylation sites is 2. The first-order chi connectivity index (χ1) is 11.4. The summed E-state index contributed by atoms with van der Waals surface area (Å²) >= 11 is 0. The van der Waals surface area contributed by atoms with Crippen molar-refractivity contribution in [3.05, 3.63) is 64.2 Å². The fourth-order valence-corrected chi connectivity index (χ4v) is 1.85. The van der Waals surface area contributed by atoms with Crippen molar-refractivity contribution in [1.82, 2.24) is 0 Å². The highest BCUT2D eigenvalue weighted by Crippen LogP contribution is 2.23. The number of amides is 1. The van der Waals surface area contributed by atoms with Gasteiger partial charge in [-0.1, -0.05) is 12.1 Å². The molecule has 0 saturated carbocycles. The SMILES string of the molecule is C[C@@H](OC(=O)c1ccc(O)cc1)C(=O)Nc1ccccc1[N+](=O)[O-]. The van der Waals surface area contributed by atoms with E-state index in [0.717, 1.165) is 0 Å². The van der Waals surface area contributed by atoms with Crippen LogP contribution in [0.4, 0.5) is 11.4 Å². The molecule has 0 bridgehead atoms. The van der Waals surface area contributed by atoms with Crippen LogP contribution < -0.4 is 5.32 Å². The van der Waals surface area contributed by atoms with Crippen LogP contribution in [0.5, 0.6) is 5.75 Å². The molecule has 2 aromatic rings. The van der Waals surface area contributed by atoms with Gasteiger partial charge < -0.3 is 15.2 Å². The van der Waals surface area contributed by atoms with Gasteiger partial charge >= 0.3 is 5.97 Å². The van der Waals surface area contributed by atoms with Gasteiger partial charge in [-0.05, 0) is 37.3 Å². The molecular weight excluding hydrogens is 316 g/mol. The number of nitrogens with one attached hydrogen (secondary N) is 1. The number of carbonyl (C=O) groups excluding carboxylic acids is 2. The van der Waals surface area contributed by atoms with Crippen LogP contribution in [0, 0.1) is 10.1 Å². The number of esters is 1. The Morgan fingerprint density at radius 2 is 1.79 bits per heavy atom. The second kappa shape index (κ2) is 7.23. The first-order valence-electron chi connectivity index (χ1n) is 6.93. The Morgan fingerprint density at radius 1 is 1.17 bits per heavy atom. The highest BCUT2D eigenvalue weighted by Gasteiger charge is 2.22. The smallest absolute Gasteiger partial charge is 0.338 e. The van der Waals surface area contributed by atoms with Crippen LogP contribution in [0.15, 0.2) is 48.5 Å². The number of nitro groups is 1. The standard InChI is InChI=1S/C16H14N2O6/c1-10(24-16(21)11-6-8-12(19)9-7-11)15(20)17-13-4-2-3-5-14(13)18(22)23/h2-10,19H,1H3,(H,17,20)/t10-/m1/s1. The molecular formula is C16H14N2O6. The van der Waals surface area contributed by atoms with Crippen LogP contribution in [0.3, 0.4) is 0 Å². The van der Waals surface area contributed by atoms with Crippen LogP contribution in [0.1, 0.15) is 17.3 Å². The fraction of sp³-hybridized carbons (Fsp3) is 0.125. The predicted octanol–water partition coefficient (Wildman–Crippen LogP) is 2.48. The van der Waals surface area contributed by atoms with Gasteiger partial charge in [0.15, 0.2) is 6.10 Å². The van der Waals surface area contributed by atoms with Gasteiger partial charge in [-0.15, -0.1) is 0 Å². The number of hydrogen-bond donors (Lipinski definition) is 2. The molecule has 0 fully saturated rings. The van der Waals surface area contributed by atoms with Gasteiger partial charge in [0.05, 0.1) is 10.5 Å². The topological polar surface area (TPSA) is 119 Å². The van der Waals surface area contributed by atoms with E-state index in [-0.39, 0.29) is 22.7 Å². The second-order valence-electron chi connectivity index (χ2n) is 4.86. The Hall–Kier alpha value is -3.42. The summed E-state index contributed by atoms with van der Waals surface area (Å²) in [6.07, 6.45) is -1.16. The molecule has 0 aliphatic carbocycles. The minimum Gasteiger partial charge on any atom is -0.508 e. The van der Waals surface area contributed by atoms with Crippen molar-refractivity contribution in [2.45, 2.75) is 13.0 Å². The van der Waals surface area contributed by atoms with E-state index in [1.54, 1.807) is 0 Å². The van der Waals surface area contributed by atoms with E-state index < -0.39 is 22.9 Å². The quantitative estimate of drug-likeness (QED) is 0.494. The lowest BCUT2D eigenvalue weighted by atomic mass is 10.2. The zero-order valence-electron chi connectivity index (χ0n) is 12.6. The molecule has 0 aliphatic heterocycles. The first kappa shape index (κ1) is 16.9. The lowest BCUT2D eigenvalue weighted by Crippen LogP contribution is -2.30. The van der Waals surface area contributed by atoms with E-state index in [1.165, 1.54) is 55.5 Å². The number of aromatic hydroxyl groups is 1. The van der Waals surface area contributed by atoms with E-state index >= 15 is 0 Å². The molecule has 2 aromatic carbocycles. The van der Waals surface area contributed by atoms with Crippen molar-refractivity contribution in [2.75, 3.05) is 5.32 Å². The monoisotopic (exact) mass is 330 g/mol. The average molecular weight is 330 g/mol. The number of nitrogens with zero attached hydrogens (tertiary/aromatic N) is 1. The van der Waals surface area contributed by atoms with Gasteiger partial charge in [0.1, 0.15) is 11.4 Å². The molecule has 1 amide bonds. The number of phenolic OH excluding ortho intramolecular Hbond substituents is 1. The van der Waals surface area contributed by atoms with Crippen molar-refractivity contribution in [3.8, 4) is 5.75 Å². The molecule has 0 aliphatic rings. The van der Waals surface area contributed by atoms with Gasteiger partial charge in [0.2, 0.25) is 0 Å². The maximum absolute atomic E-state index is 12.1. The molecule has 0 aromatic heterocycles. The van der Waals surface area contributed by atoms with E-state index in [9.17, 15) is 24.8 Å². The normalized spacial score (nSPS) is 11.4. The van der Waals surface area contributed by atoms with Gasteiger partial charge in [0.25, 0.3) is 11.6 Å². The molecule has 124 valence electrons. The number of phenols is 1. The Labute approximate surface area is 136 Å². The Kier molecular flexibility index (Phi) is 5.10. The van der Waals surface area contributed by atoms with Crippen LogP contribution in [-0.2, 0) is 9.53 Å². The van der Waals surface area contributed by atoms with Crippen LogP contribution in [-0.4, -0.2) is 28.0 Å². The van der Waals surface area contributed by atoms with Crippen molar-refractivity contribution in [2.24, 2.45) is 0 Å². The molecule has 0 heterocycles. The van der Waals surface area contributed by atoms with Crippen molar-refractivity contribution in [1.29, 1.82) is 0 Å². The third kappa shape index (κ3) is 4.07. The molecule has 0 unspecified atom stereocenters. The molecule has 2 N–H and O–H groups in total. The number of hydrogen-bond acceptors (Lipinski definition) is 6. The summed E-state index contributed by atoms with van der Waals surface area (Å²) in [6.45, 7) is 1.35. The second-order valence-corrected chi connectivity index (χ2v) is 4.86. The molecule has 24 heavy (non-hydrogen) atoms. The molecule has 0 saturated heterocycles. The fourth-order valence-electron chi connectivity index (χ4n) is 1.85. The highest BCUT2D eigenvalue weighted by molar-refractivity contribution is 5.98. The van der Waals surface area contributed by atoms with Crippen molar-refractivity contribution < 1.29 is 24.4 Å². The summed E-state index contributed by atoms with van der Waals surface area (Å²) in [4.78, 5) is 34.3. The summed E-state index contributed by atoms with van der Waals surface area (Å²) in [5.41, 5.74) is -0.0823. The van der Waals surface area contributed by atoms with Crippen molar-refractivity contribution in [3.63, 3.8) is 0 Å². The van der Waals surface area contributed by atoms with Gasteiger partial charge in [-0.3, -0.25) is 14.9 Å². The maximum atomic E-state index is 12.1. The largest absolute Gasteiger partial charge is 0.508 e. The summed E-state index contributed by atoms with van der Waals surface area (Å²) in [5.74, 6) is -1.45. The summed E-state index contributed by atoms with van der Waals surface area (Å²) in [6, 6.07) is 11.0. The number of carbonyl (C=O) groups is 2. The Bertz CT molecular complexity index is 772.